The zero-order valence-electron chi connectivity index (χ0n) is 13.4. The van der Waals surface area contributed by atoms with Gasteiger partial charge in [0, 0.05) is 11.6 Å². The van der Waals surface area contributed by atoms with Crippen LogP contribution < -0.4 is 4.72 Å². The van der Waals surface area contributed by atoms with E-state index in [4.69, 9.17) is 15.8 Å². The minimum absolute atomic E-state index is 0.0557. The molecular weight excluding hydrogens is 365 g/mol. The molecule has 0 amide bonds. The van der Waals surface area contributed by atoms with Crippen molar-refractivity contribution in [3.63, 3.8) is 0 Å². The molecule has 1 unspecified atom stereocenters. The molecular formula is C14H21ClFNO4S2. The first kappa shape index (κ1) is 20.5. The standard InChI is InChI=1S/C14H21ClFNO4S2/c1-14(2,3)22(18)17-12(8-9-21-23(4,19)20)10-6-5-7-11(15)13(10)16/h5-7,12,17H,8-9H2,1-4H3/t12-,22?/m1/s1. The Labute approximate surface area is 144 Å². The fourth-order valence-electron chi connectivity index (χ4n) is 1.69. The van der Waals surface area contributed by atoms with Crippen LogP contribution in [-0.2, 0) is 25.3 Å². The molecule has 0 spiro atoms. The number of nitrogens with one attached hydrogen (secondary N) is 1. The Morgan fingerprint density at radius 3 is 2.52 bits per heavy atom. The van der Waals surface area contributed by atoms with Gasteiger partial charge >= 0.3 is 0 Å². The molecule has 23 heavy (non-hydrogen) atoms. The molecule has 0 bridgehead atoms. The van der Waals surface area contributed by atoms with E-state index in [9.17, 15) is 17.0 Å². The monoisotopic (exact) mass is 385 g/mol. The Balaban J connectivity index is 3.01. The van der Waals surface area contributed by atoms with E-state index in [1.807, 2.05) is 0 Å². The predicted octanol–water partition coefficient (Wildman–Crippen LogP) is 2.94. The van der Waals surface area contributed by atoms with Crippen LogP contribution in [0.2, 0.25) is 5.02 Å². The summed E-state index contributed by atoms with van der Waals surface area (Å²) < 4.78 is 55.6. The molecule has 0 saturated heterocycles. The highest BCUT2D eigenvalue weighted by atomic mass is 35.5. The van der Waals surface area contributed by atoms with E-state index in [2.05, 4.69) is 4.72 Å². The Hall–Kier alpha value is -0.540. The molecule has 0 heterocycles. The number of hydrogen-bond acceptors (Lipinski definition) is 4. The normalized spacial score (nSPS) is 15.4. The Morgan fingerprint density at radius 1 is 1.39 bits per heavy atom. The summed E-state index contributed by atoms with van der Waals surface area (Å²) in [6.07, 6.45) is 1.05. The maximum atomic E-state index is 14.2. The topological polar surface area (TPSA) is 72.5 Å². The Morgan fingerprint density at radius 2 is 2.00 bits per heavy atom. The van der Waals surface area contributed by atoms with E-state index in [1.165, 1.54) is 12.1 Å². The number of hydrogen-bond donors (Lipinski definition) is 1. The first-order valence-corrected chi connectivity index (χ1v) is 10.2. The second kappa shape index (κ2) is 8.02. The van der Waals surface area contributed by atoms with Crippen molar-refractivity contribution < 1.29 is 21.2 Å². The predicted molar refractivity (Wildman–Crippen MR) is 90.6 cm³/mol. The SMILES string of the molecule is CC(C)(C)S(=O)N[C@H](CCOS(C)(=O)=O)c1cccc(Cl)c1F. The van der Waals surface area contributed by atoms with E-state index >= 15 is 0 Å². The summed E-state index contributed by atoms with van der Waals surface area (Å²) in [6.45, 7) is 5.15. The zero-order chi connectivity index (χ0) is 17.8. The number of rotatable bonds is 7. The van der Waals surface area contributed by atoms with Crippen LogP contribution in [-0.4, -0.2) is 30.2 Å². The minimum atomic E-state index is -3.60. The van der Waals surface area contributed by atoms with Gasteiger partial charge < -0.3 is 0 Å². The minimum Gasteiger partial charge on any atom is -0.270 e. The van der Waals surface area contributed by atoms with Gasteiger partial charge in [-0.25, -0.2) is 13.3 Å². The van der Waals surface area contributed by atoms with Crippen LogP contribution >= 0.6 is 11.6 Å². The third-order valence-corrected chi connectivity index (χ3v) is 5.36. The molecule has 9 heteroatoms. The largest absolute Gasteiger partial charge is 0.270 e. The lowest BCUT2D eigenvalue weighted by Gasteiger charge is -2.25. The van der Waals surface area contributed by atoms with Crippen LogP contribution in [0.3, 0.4) is 0 Å². The van der Waals surface area contributed by atoms with Crippen LogP contribution in [0.4, 0.5) is 4.39 Å². The average molecular weight is 386 g/mol. The third kappa shape index (κ3) is 6.84. The fraction of sp³-hybridized carbons (Fsp3) is 0.571. The van der Waals surface area contributed by atoms with Gasteiger partial charge in [-0.05, 0) is 33.3 Å². The van der Waals surface area contributed by atoms with Crippen molar-refractivity contribution in [2.75, 3.05) is 12.9 Å². The summed E-state index contributed by atoms with van der Waals surface area (Å²) in [6, 6.07) is 3.80. The molecule has 1 aromatic carbocycles. The molecule has 1 N–H and O–H groups in total. The molecule has 5 nitrogen and oxygen atoms in total. The molecule has 0 fully saturated rings. The molecule has 2 atom stereocenters. The van der Waals surface area contributed by atoms with Gasteiger partial charge in [0.1, 0.15) is 5.82 Å². The van der Waals surface area contributed by atoms with Crippen LogP contribution in [0, 0.1) is 5.82 Å². The molecule has 0 radical (unpaired) electrons. The second-order valence-electron chi connectivity index (χ2n) is 6.01. The van der Waals surface area contributed by atoms with Gasteiger partial charge in [0.25, 0.3) is 10.1 Å². The molecule has 0 saturated carbocycles. The molecule has 0 aromatic heterocycles. The first-order valence-electron chi connectivity index (χ1n) is 6.88. The van der Waals surface area contributed by atoms with Crippen molar-refractivity contribution in [2.24, 2.45) is 0 Å². The quantitative estimate of drug-likeness (QED) is 0.732. The van der Waals surface area contributed by atoms with Gasteiger partial charge in [-0.1, -0.05) is 23.7 Å². The van der Waals surface area contributed by atoms with E-state index in [0.29, 0.717) is 0 Å². The smallest absolute Gasteiger partial charge is 0.264 e. The molecule has 1 rings (SSSR count). The van der Waals surface area contributed by atoms with Crippen LogP contribution in [0.25, 0.3) is 0 Å². The maximum absolute atomic E-state index is 14.2. The third-order valence-electron chi connectivity index (χ3n) is 2.87. The van der Waals surface area contributed by atoms with Crippen molar-refractivity contribution in [1.29, 1.82) is 0 Å². The highest BCUT2D eigenvalue weighted by Crippen LogP contribution is 2.27. The van der Waals surface area contributed by atoms with Crippen LogP contribution in [0.15, 0.2) is 18.2 Å². The molecule has 1 aromatic rings. The summed E-state index contributed by atoms with van der Waals surface area (Å²) in [4.78, 5) is 0. The summed E-state index contributed by atoms with van der Waals surface area (Å²) in [5.41, 5.74) is 0.215. The van der Waals surface area contributed by atoms with Crippen molar-refractivity contribution >= 4 is 32.7 Å². The summed E-state index contributed by atoms with van der Waals surface area (Å²) >= 11 is 5.79. The zero-order valence-corrected chi connectivity index (χ0v) is 15.8. The van der Waals surface area contributed by atoms with Crippen molar-refractivity contribution in [3.05, 3.63) is 34.6 Å². The summed E-state index contributed by atoms with van der Waals surface area (Å²) in [7, 11) is -5.07. The van der Waals surface area contributed by atoms with Crippen molar-refractivity contribution in [1.82, 2.24) is 4.72 Å². The van der Waals surface area contributed by atoms with E-state index in [1.54, 1.807) is 26.8 Å². The van der Waals surface area contributed by atoms with Gasteiger partial charge in [0.05, 0.1) is 33.6 Å². The maximum Gasteiger partial charge on any atom is 0.264 e. The van der Waals surface area contributed by atoms with Crippen molar-refractivity contribution in [2.45, 2.75) is 38.0 Å². The Kier molecular flexibility index (Phi) is 7.15. The molecule has 132 valence electrons. The first-order chi connectivity index (χ1) is 10.4. The van der Waals surface area contributed by atoms with Gasteiger partial charge in [0.2, 0.25) is 0 Å². The van der Waals surface area contributed by atoms with Gasteiger partial charge in [-0.2, -0.15) is 8.42 Å². The average Bonchev–Trinajstić information content (AvgIpc) is 2.38. The summed E-state index contributed by atoms with van der Waals surface area (Å²) in [5, 5.41) is -0.0557. The lowest BCUT2D eigenvalue weighted by Crippen LogP contribution is -2.36. The van der Waals surface area contributed by atoms with Crippen LogP contribution in [0.5, 0.6) is 0 Å². The summed E-state index contributed by atoms with van der Waals surface area (Å²) in [5.74, 6) is -0.628. The number of halogens is 2. The van der Waals surface area contributed by atoms with Crippen LogP contribution in [0.1, 0.15) is 38.8 Å². The van der Waals surface area contributed by atoms with E-state index in [0.717, 1.165) is 6.26 Å². The molecule has 0 aliphatic heterocycles. The lowest BCUT2D eigenvalue weighted by molar-refractivity contribution is 0.299. The molecule has 0 aliphatic rings. The second-order valence-corrected chi connectivity index (χ2v) is 10.1. The van der Waals surface area contributed by atoms with Gasteiger partial charge in [-0.3, -0.25) is 4.18 Å². The van der Waals surface area contributed by atoms with Gasteiger partial charge in [-0.15, -0.1) is 0 Å². The van der Waals surface area contributed by atoms with E-state index in [-0.39, 0.29) is 23.6 Å². The fourth-order valence-corrected chi connectivity index (χ4v) is 3.13. The van der Waals surface area contributed by atoms with Gasteiger partial charge in [0.15, 0.2) is 0 Å². The highest BCUT2D eigenvalue weighted by Gasteiger charge is 2.26. The van der Waals surface area contributed by atoms with E-state index < -0.39 is 37.7 Å². The van der Waals surface area contributed by atoms with Crippen molar-refractivity contribution in [3.8, 4) is 0 Å². The number of benzene rings is 1. The molecule has 0 aliphatic carbocycles. The highest BCUT2D eigenvalue weighted by molar-refractivity contribution is 7.86. The lowest BCUT2D eigenvalue weighted by atomic mass is 10.0. The Bertz CT molecular complexity index is 674.